The molecule has 25 heteroatoms. The summed E-state index contributed by atoms with van der Waals surface area (Å²) in [5.74, 6) is -8.43. The number of carbonyl (C=O) groups is 9. The minimum absolute atomic E-state index is 0.00403. The zero-order chi connectivity index (χ0) is 62.4. The van der Waals surface area contributed by atoms with Crippen molar-refractivity contribution in [2.75, 3.05) is 13.2 Å². The molecule has 460 valence electrons. The predicted molar refractivity (Wildman–Crippen MR) is 298 cm³/mol. The molecule has 24 nitrogen and oxygen atoms in total. The summed E-state index contributed by atoms with van der Waals surface area (Å²) in [5.41, 5.74) is -0.178. The summed E-state index contributed by atoms with van der Waals surface area (Å²) in [6, 6.07) is 30.1. The van der Waals surface area contributed by atoms with Crippen LogP contribution in [-0.4, -0.2) is 177 Å². The summed E-state index contributed by atoms with van der Waals surface area (Å²) in [5, 5.41) is 13.6. The third-order valence-electron chi connectivity index (χ3n) is 14.8. The fourth-order valence-electron chi connectivity index (χ4n) is 11.3. The van der Waals surface area contributed by atoms with Gasteiger partial charge in [0.15, 0.2) is 55.5 Å². The Labute approximate surface area is 496 Å². The largest absolute Gasteiger partial charge is 0.463 e. The number of carbonyl (C=O) groups excluding carboxylic acids is 9. The van der Waals surface area contributed by atoms with E-state index in [2.05, 4.69) is 0 Å². The summed E-state index contributed by atoms with van der Waals surface area (Å²) >= 11 is 0. The number of rotatable bonds is 19. The highest BCUT2D eigenvalue weighted by Gasteiger charge is 2.62. The summed E-state index contributed by atoms with van der Waals surface area (Å²) < 4.78 is 81.6. The van der Waals surface area contributed by atoms with E-state index in [1.807, 2.05) is 81.4 Å². The molecule has 86 heavy (non-hydrogen) atoms. The van der Waals surface area contributed by atoms with Crippen molar-refractivity contribution in [3.63, 3.8) is 0 Å². The molecule has 4 aromatic carbocycles. The molecule has 0 aromatic heterocycles. The van der Waals surface area contributed by atoms with E-state index in [0.717, 1.165) is 51.9 Å². The third kappa shape index (κ3) is 14.1. The topological polar surface area (TPSA) is 297 Å². The van der Waals surface area contributed by atoms with Crippen LogP contribution in [-0.2, 0) is 90.0 Å². The van der Waals surface area contributed by atoms with Gasteiger partial charge in [0.25, 0.3) is 20.1 Å². The van der Waals surface area contributed by atoms with Crippen molar-refractivity contribution < 1.29 is 110 Å². The summed E-state index contributed by atoms with van der Waals surface area (Å²) in [6.45, 7) is 12.5. The lowest BCUT2D eigenvalue weighted by atomic mass is 9.93. The molecule has 3 saturated heterocycles. The molecule has 4 aromatic rings. The Hall–Kier alpha value is -7.75. The van der Waals surface area contributed by atoms with Gasteiger partial charge in [-0.05, 0) is 46.6 Å². The van der Waals surface area contributed by atoms with Gasteiger partial charge in [0.2, 0.25) is 0 Å². The molecule has 0 spiro atoms. The number of hydrogen-bond donors (Lipinski definition) is 1. The third-order valence-corrected chi connectivity index (χ3v) is 19.8. The number of benzene rings is 4. The average Bonchev–Trinajstić information content (AvgIpc) is 1.27. The second kappa shape index (κ2) is 27.3. The van der Waals surface area contributed by atoms with Crippen LogP contribution in [0.4, 0.5) is 0 Å². The second-order valence-corrected chi connectivity index (χ2v) is 26.2. The number of amides is 2. The molecule has 3 fully saturated rings. The van der Waals surface area contributed by atoms with E-state index >= 15 is 0 Å². The van der Waals surface area contributed by atoms with Gasteiger partial charge in [-0.25, -0.2) is 4.79 Å². The van der Waals surface area contributed by atoms with E-state index in [9.17, 15) is 48.3 Å². The van der Waals surface area contributed by atoms with E-state index in [4.69, 9.17) is 61.3 Å². The highest BCUT2D eigenvalue weighted by Crippen LogP contribution is 2.42. The molecule has 0 bridgehead atoms. The first-order valence-electron chi connectivity index (χ1n) is 27.7. The minimum atomic E-state index is -3.65. The Bertz CT molecular complexity index is 3050. The van der Waals surface area contributed by atoms with Crippen LogP contribution in [0.15, 0.2) is 115 Å². The Morgan fingerprint density at radius 2 is 0.907 bits per heavy atom. The maximum Gasteiger partial charge on any atom is 0.338 e. The van der Waals surface area contributed by atoms with E-state index in [-0.39, 0.29) is 16.7 Å². The van der Waals surface area contributed by atoms with Crippen molar-refractivity contribution in [2.24, 2.45) is 0 Å². The monoisotopic (exact) mass is 1210 g/mol. The van der Waals surface area contributed by atoms with Gasteiger partial charge in [-0.1, -0.05) is 112 Å². The molecule has 4 heterocycles. The molecule has 0 unspecified atom stereocenters. The van der Waals surface area contributed by atoms with Crippen molar-refractivity contribution in [1.29, 1.82) is 0 Å². The molecular weight excluding hydrogens is 1140 g/mol. The van der Waals surface area contributed by atoms with Gasteiger partial charge in [-0.15, -0.1) is 0 Å². The molecule has 2 amide bonds. The van der Waals surface area contributed by atoms with E-state index in [0.29, 0.717) is 4.90 Å². The first-order valence-corrected chi connectivity index (χ1v) is 29.6. The second-order valence-electron chi connectivity index (χ2n) is 21.9. The van der Waals surface area contributed by atoms with Crippen molar-refractivity contribution in [3.05, 3.63) is 132 Å². The molecule has 4 aliphatic heterocycles. The predicted octanol–water partition coefficient (Wildman–Crippen LogP) is 3.63. The average molecular weight is 1210 g/mol. The quantitative estimate of drug-likeness (QED) is 0.0606. The fraction of sp³-hybridized carbons (Fsp3) is 0.459. The van der Waals surface area contributed by atoms with Gasteiger partial charge >= 0.3 is 41.8 Å². The highest BCUT2D eigenvalue weighted by molar-refractivity contribution is 6.99. The Morgan fingerprint density at radius 3 is 1.40 bits per heavy atom. The Morgan fingerprint density at radius 1 is 0.488 bits per heavy atom. The number of nitrogens with zero attached hydrogens (tertiary/aromatic N) is 1. The standard InChI is InChI=1S/C61H69NO23Si/c1-32-47(76-34(3)64)51(78-36(5)66)53(79-37(6)67)59(75-32)85-50-46(62-55(69)42-28-20-21-29-43(42)56(62)70)58(72)81-45(31-74-86(61(8,9)10,40-24-16-12-17-25-40)41-26-18-13-19-27-41)48(50)84-60-54(80-38(7)68)52(83-57(71)39-22-14-11-15-23-39)49(77-35(4)65)44(82-60)30-73-33(2)63/h11-29,32,44-54,58-60,72H,30-31H2,1-10H3/t32-,44+,45+,46+,47+,48+,49-,50+,51+,52-,53-,54+,58+,59-,60-/m0/s1. The molecule has 1 N–H and O–H groups in total. The number of hydrogen-bond acceptors (Lipinski definition) is 23. The van der Waals surface area contributed by atoms with E-state index in [1.165, 1.54) is 43.3 Å². The van der Waals surface area contributed by atoms with Gasteiger partial charge in [0.1, 0.15) is 37.1 Å². The van der Waals surface area contributed by atoms with Gasteiger partial charge in [0, 0.05) is 41.5 Å². The van der Waals surface area contributed by atoms with Crippen LogP contribution < -0.4 is 10.4 Å². The maximum absolute atomic E-state index is 14.9. The molecular formula is C61H69NO23Si. The van der Waals surface area contributed by atoms with Gasteiger partial charge in [0.05, 0.1) is 29.4 Å². The fourth-order valence-corrected chi connectivity index (χ4v) is 15.9. The van der Waals surface area contributed by atoms with Gasteiger partial charge < -0.3 is 66.4 Å². The van der Waals surface area contributed by atoms with Crippen molar-refractivity contribution in [2.45, 2.75) is 166 Å². The Kier molecular flexibility index (Phi) is 20.4. The molecule has 0 saturated carbocycles. The van der Waals surface area contributed by atoms with Crippen molar-refractivity contribution >= 4 is 72.3 Å². The van der Waals surface area contributed by atoms with Crippen LogP contribution in [0.3, 0.4) is 0 Å². The molecule has 8 rings (SSSR count). The van der Waals surface area contributed by atoms with Crippen molar-refractivity contribution in [3.8, 4) is 0 Å². The number of fused-ring (bicyclic) bond motifs is 1. The van der Waals surface area contributed by atoms with Gasteiger partial charge in [-0.3, -0.25) is 43.3 Å². The number of imide groups is 1. The highest BCUT2D eigenvalue weighted by atomic mass is 28.4. The zero-order valence-corrected chi connectivity index (χ0v) is 49.9. The molecule has 15 atom stereocenters. The van der Waals surface area contributed by atoms with Crippen LogP contribution in [0.25, 0.3) is 0 Å². The maximum atomic E-state index is 14.9. The SMILES string of the molecule is CC(=O)OC[C@H]1O[C@@H](O[C@H]2[C@H](O[C@@H]3O[C@@H](C)[C@@H](OC(C)=O)[C@@H](OC(C)=O)[C@@H]3OC(C)=O)[C@@H](N3C(=O)c4ccccc4C3=O)[C@H](O)O[C@@H]2CO[Si](c2ccccc2)(c2ccccc2)C(C)(C)C)[C@H](OC(C)=O)[C@@H](OC(=O)c2ccccc2)[C@H]1OC(C)=O. The molecule has 4 aliphatic rings. The van der Waals surface area contributed by atoms with E-state index < -0.39 is 172 Å². The number of ether oxygens (including phenoxy) is 12. The normalized spacial score (nSPS) is 28.3. The summed E-state index contributed by atoms with van der Waals surface area (Å²) in [4.78, 5) is 123. The minimum Gasteiger partial charge on any atom is -0.463 e. The lowest BCUT2D eigenvalue weighted by Gasteiger charge is -2.52. The molecule has 0 radical (unpaired) electrons. The van der Waals surface area contributed by atoms with Crippen molar-refractivity contribution in [1.82, 2.24) is 4.90 Å². The number of aliphatic hydroxyl groups is 1. The lowest BCUT2D eigenvalue weighted by Crippen LogP contribution is -2.72. The summed E-state index contributed by atoms with van der Waals surface area (Å²) in [7, 11) is -3.65. The van der Waals surface area contributed by atoms with Crippen LogP contribution in [0.1, 0.15) is 100 Å². The number of aliphatic hydroxyl groups excluding tert-OH is 1. The Balaban J connectivity index is 1.37. The van der Waals surface area contributed by atoms with Gasteiger partial charge in [-0.2, -0.15) is 0 Å². The zero-order valence-electron chi connectivity index (χ0n) is 48.9. The van der Waals surface area contributed by atoms with Crippen LogP contribution in [0, 0.1) is 0 Å². The smallest absolute Gasteiger partial charge is 0.338 e. The first kappa shape index (κ1) is 64.2. The van der Waals surface area contributed by atoms with Crippen LogP contribution in [0.2, 0.25) is 5.04 Å². The molecule has 0 aliphatic carbocycles. The lowest BCUT2D eigenvalue weighted by molar-refractivity contribution is -0.373. The van der Waals surface area contributed by atoms with Crippen LogP contribution >= 0.6 is 0 Å². The first-order chi connectivity index (χ1) is 40.8. The van der Waals surface area contributed by atoms with E-state index in [1.54, 1.807) is 18.2 Å². The van der Waals surface area contributed by atoms with Crippen LogP contribution in [0.5, 0.6) is 0 Å². The number of esters is 7. The summed E-state index contributed by atoms with van der Waals surface area (Å²) in [6.07, 6.45) is -25.4.